The van der Waals surface area contributed by atoms with Crippen LogP contribution in [0.2, 0.25) is 0 Å². The number of hydrogen-bond donors (Lipinski definition) is 2. The van der Waals surface area contributed by atoms with Crippen LogP contribution in [0.4, 0.5) is 0 Å². The first kappa shape index (κ1) is 20.5. The molecular formula is C18H30O6. The van der Waals surface area contributed by atoms with Crippen molar-refractivity contribution in [2.24, 2.45) is 5.92 Å². The summed E-state index contributed by atoms with van der Waals surface area (Å²) in [6, 6.07) is 0. The fourth-order valence-corrected chi connectivity index (χ4v) is 3.24. The van der Waals surface area contributed by atoms with E-state index in [0.29, 0.717) is 6.42 Å². The van der Waals surface area contributed by atoms with Gasteiger partial charge in [-0.25, -0.2) is 4.79 Å². The largest absolute Gasteiger partial charge is 0.481 e. The van der Waals surface area contributed by atoms with E-state index in [0.717, 1.165) is 25.7 Å². The van der Waals surface area contributed by atoms with Crippen molar-refractivity contribution in [3.05, 3.63) is 0 Å². The number of carboxylic acid groups (broad SMARTS) is 2. The quantitative estimate of drug-likeness (QED) is 0.390. The first-order valence-corrected chi connectivity index (χ1v) is 9.09. The predicted octanol–water partition coefficient (Wildman–Crippen LogP) is 3.77. The molecule has 1 heterocycles. The summed E-state index contributed by atoms with van der Waals surface area (Å²) >= 11 is 0. The van der Waals surface area contributed by atoms with Gasteiger partial charge in [0.05, 0.1) is 5.92 Å². The van der Waals surface area contributed by atoms with Gasteiger partial charge in [0.25, 0.3) is 0 Å². The molecule has 0 spiro atoms. The van der Waals surface area contributed by atoms with Gasteiger partial charge in [-0.15, -0.1) is 0 Å². The van der Waals surface area contributed by atoms with E-state index >= 15 is 0 Å². The molecule has 0 aromatic rings. The molecule has 138 valence electrons. The number of rotatable bonds is 13. The Labute approximate surface area is 143 Å². The Kier molecular flexibility index (Phi) is 8.79. The summed E-state index contributed by atoms with van der Waals surface area (Å²) in [5.74, 6) is -3.60. The van der Waals surface area contributed by atoms with Crippen LogP contribution in [0.15, 0.2) is 0 Å². The van der Waals surface area contributed by atoms with Gasteiger partial charge in [0.1, 0.15) is 0 Å². The molecule has 6 heteroatoms. The number of unbranched alkanes of at least 4 members (excludes halogenated alkanes) is 7. The molecule has 2 atom stereocenters. The standard InChI is InChI=1S/C18H30O6/c1-2-3-4-5-6-7-8-9-10-14(16(20)21)13-18(17(22)23)12-11-15(19)24-18/h14H,2-13H2,1H3,(H,20,21)(H,22,23). The molecule has 0 aromatic carbocycles. The molecule has 0 aromatic heterocycles. The number of carboxylic acids is 2. The number of cyclic esters (lactones) is 1. The lowest BCUT2D eigenvalue weighted by atomic mass is 9.85. The third kappa shape index (κ3) is 6.49. The Bertz CT molecular complexity index is 433. The first-order chi connectivity index (χ1) is 11.4. The SMILES string of the molecule is CCCCCCCCCCC(CC1(C(=O)O)CCC(=O)O1)C(=O)O. The number of carbonyl (C=O) groups excluding carboxylic acids is 1. The molecule has 0 aliphatic carbocycles. The van der Waals surface area contributed by atoms with Gasteiger partial charge in [-0.05, 0) is 6.42 Å². The van der Waals surface area contributed by atoms with Crippen LogP contribution in [0.5, 0.6) is 0 Å². The molecule has 24 heavy (non-hydrogen) atoms. The van der Waals surface area contributed by atoms with Crippen LogP contribution in [0.3, 0.4) is 0 Å². The van der Waals surface area contributed by atoms with Crippen molar-refractivity contribution in [3.8, 4) is 0 Å². The Morgan fingerprint density at radius 1 is 1.08 bits per heavy atom. The Balaban J connectivity index is 2.37. The van der Waals surface area contributed by atoms with E-state index in [1.165, 1.54) is 25.7 Å². The van der Waals surface area contributed by atoms with Gasteiger partial charge in [-0.1, -0.05) is 58.3 Å². The summed E-state index contributed by atoms with van der Waals surface area (Å²) in [6.45, 7) is 2.18. The predicted molar refractivity (Wildman–Crippen MR) is 88.7 cm³/mol. The monoisotopic (exact) mass is 342 g/mol. The van der Waals surface area contributed by atoms with Gasteiger partial charge < -0.3 is 14.9 Å². The van der Waals surface area contributed by atoms with Crippen molar-refractivity contribution in [1.29, 1.82) is 0 Å². The zero-order valence-electron chi connectivity index (χ0n) is 14.6. The fraction of sp³-hybridized carbons (Fsp3) is 0.833. The van der Waals surface area contributed by atoms with Crippen LogP contribution in [0.1, 0.15) is 84.0 Å². The third-order valence-electron chi connectivity index (χ3n) is 4.76. The van der Waals surface area contributed by atoms with Crippen molar-refractivity contribution in [2.75, 3.05) is 0 Å². The molecular weight excluding hydrogens is 312 g/mol. The summed E-state index contributed by atoms with van der Waals surface area (Å²) in [5, 5.41) is 18.7. The normalized spacial score (nSPS) is 21.5. The average molecular weight is 342 g/mol. The third-order valence-corrected chi connectivity index (χ3v) is 4.76. The first-order valence-electron chi connectivity index (χ1n) is 9.09. The zero-order chi connectivity index (χ0) is 18.0. The lowest BCUT2D eigenvalue weighted by molar-refractivity contribution is -0.173. The number of aliphatic carboxylic acids is 2. The Morgan fingerprint density at radius 3 is 2.12 bits per heavy atom. The number of carbonyl (C=O) groups is 3. The molecule has 2 N–H and O–H groups in total. The van der Waals surface area contributed by atoms with Crippen molar-refractivity contribution in [3.63, 3.8) is 0 Å². The van der Waals surface area contributed by atoms with E-state index < -0.39 is 29.4 Å². The van der Waals surface area contributed by atoms with Crippen molar-refractivity contribution in [1.82, 2.24) is 0 Å². The maximum Gasteiger partial charge on any atom is 0.348 e. The highest BCUT2D eigenvalue weighted by Crippen LogP contribution is 2.35. The molecule has 6 nitrogen and oxygen atoms in total. The molecule has 0 amide bonds. The highest BCUT2D eigenvalue weighted by Gasteiger charge is 2.49. The zero-order valence-corrected chi connectivity index (χ0v) is 14.6. The smallest absolute Gasteiger partial charge is 0.348 e. The highest BCUT2D eigenvalue weighted by atomic mass is 16.6. The number of esters is 1. The molecule has 1 saturated heterocycles. The number of hydrogen-bond acceptors (Lipinski definition) is 4. The summed E-state index contributed by atoms with van der Waals surface area (Å²) in [7, 11) is 0. The van der Waals surface area contributed by atoms with Crippen LogP contribution in [0, 0.1) is 5.92 Å². The maximum absolute atomic E-state index is 11.5. The Hall–Kier alpha value is -1.59. The molecule has 1 aliphatic rings. The fourth-order valence-electron chi connectivity index (χ4n) is 3.24. The van der Waals surface area contributed by atoms with E-state index in [1.807, 2.05) is 0 Å². The van der Waals surface area contributed by atoms with Gasteiger partial charge in [0, 0.05) is 19.3 Å². The highest BCUT2D eigenvalue weighted by molar-refractivity contribution is 5.86. The summed E-state index contributed by atoms with van der Waals surface area (Å²) in [5.41, 5.74) is -1.65. The maximum atomic E-state index is 11.5. The van der Waals surface area contributed by atoms with Crippen LogP contribution >= 0.6 is 0 Å². The molecule has 1 aliphatic heterocycles. The van der Waals surface area contributed by atoms with Crippen molar-refractivity contribution < 1.29 is 29.3 Å². The lowest BCUT2D eigenvalue weighted by Gasteiger charge is -2.26. The van der Waals surface area contributed by atoms with E-state index in [4.69, 9.17) is 4.74 Å². The van der Waals surface area contributed by atoms with Crippen LogP contribution in [-0.2, 0) is 19.1 Å². The minimum Gasteiger partial charge on any atom is -0.481 e. The van der Waals surface area contributed by atoms with Crippen molar-refractivity contribution >= 4 is 17.9 Å². The molecule has 0 bridgehead atoms. The van der Waals surface area contributed by atoms with Gasteiger partial charge in [-0.2, -0.15) is 0 Å². The summed E-state index contributed by atoms with van der Waals surface area (Å²) < 4.78 is 4.97. The average Bonchev–Trinajstić information content (AvgIpc) is 2.91. The minimum atomic E-state index is -1.65. The summed E-state index contributed by atoms with van der Waals surface area (Å²) in [4.78, 5) is 34.2. The van der Waals surface area contributed by atoms with E-state index in [-0.39, 0.29) is 19.3 Å². The van der Waals surface area contributed by atoms with Gasteiger partial charge in [-0.3, -0.25) is 9.59 Å². The molecule has 0 saturated carbocycles. The molecule has 2 unspecified atom stereocenters. The summed E-state index contributed by atoms with van der Waals surface area (Å²) in [6.07, 6.45) is 9.28. The second-order valence-corrected chi connectivity index (χ2v) is 6.78. The minimum absolute atomic E-state index is 0.0381. The van der Waals surface area contributed by atoms with Gasteiger partial charge in [0.2, 0.25) is 5.60 Å². The molecule has 0 radical (unpaired) electrons. The lowest BCUT2D eigenvalue weighted by Crippen LogP contribution is -2.41. The van der Waals surface area contributed by atoms with Crippen LogP contribution < -0.4 is 0 Å². The van der Waals surface area contributed by atoms with Crippen molar-refractivity contribution in [2.45, 2.75) is 89.6 Å². The van der Waals surface area contributed by atoms with E-state index in [1.54, 1.807) is 0 Å². The second-order valence-electron chi connectivity index (χ2n) is 6.78. The van der Waals surface area contributed by atoms with Crippen LogP contribution in [-0.4, -0.2) is 33.7 Å². The van der Waals surface area contributed by atoms with Gasteiger partial charge in [0.15, 0.2) is 0 Å². The van der Waals surface area contributed by atoms with E-state index in [9.17, 15) is 24.6 Å². The number of ether oxygens (including phenoxy) is 1. The molecule has 1 fully saturated rings. The second kappa shape index (κ2) is 10.3. The van der Waals surface area contributed by atoms with Gasteiger partial charge >= 0.3 is 17.9 Å². The molecule has 1 rings (SSSR count). The Morgan fingerprint density at radius 2 is 1.67 bits per heavy atom. The topological polar surface area (TPSA) is 101 Å². The van der Waals surface area contributed by atoms with E-state index in [2.05, 4.69) is 6.92 Å². The van der Waals surface area contributed by atoms with Crippen LogP contribution in [0.25, 0.3) is 0 Å².